The van der Waals surface area contributed by atoms with E-state index >= 15 is 8.78 Å². The number of furan rings is 1. The third kappa shape index (κ3) is 4.98. The van der Waals surface area contributed by atoms with Crippen molar-refractivity contribution in [3.05, 3.63) is 130 Å². The molecule has 2 amide bonds. The zero-order chi connectivity index (χ0) is 31.5. The Labute approximate surface area is 254 Å². The maximum Gasteiger partial charge on any atom is 0.253 e. The summed E-state index contributed by atoms with van der Waals surface area (Å²) in [5.41, 5.74) is 7.83. The minimum Gasteiger partial charge on any atom is -0.460 e. The number of hydrogen-bond donors (Lipinski definition) is 2. The Morgan fingerprint density at radius 1 is 0.956 bits per heavy atom. The maximum atomic E-state index is 16.3. The smallest absolute Gasteiger partial charge is 0.253 e. The van der Waals surface area contributed by atoms with Gasteiger partial charge in [-0.3, -0.25) is 14.6 Å². The van der Waals surface area contributed by atoms with E-state index in [0.29, 0.717) is 29.6 Å². The standard InChI is InChI=1S/C35H25F3N4O3/c1-18-23(22-8-10-27-30(32(22)38)31(33(39)43)28(45-27)15-19-4-6-21(36)7-5-19)16-20(17-24(18)37)34(44)42-35(12-13-35)29-11-9-25-26(41-29)3-2-14-40-25/h2-11,14,16-17H,12-13,15H2,1H3,(H2,39,43)(H,42,44). The summed E-state index contributed by atoms with van der Waals surface area (Å²) in [6, 6.07) is 18.3. The molecule has 0 aliphatic heterocycles. The normalized spacial score (nSPS) is 13.7. The van der Waals surface area contributed by atoms with Crippen molar-refractivity contribution in [2.45, 2.75) is 31.7 Å². The zero-order valence-electron chi connectivity index (χ0n) is 24.0. The molecule has 0 bridgehead atoms. The number of pyridine rings is 2. The highest BCUT2D eigenvalue weighted by Gasteiger charge is 2.47. The molecule has 0 unspecified atom stereocenters. The molecule has 1 aliphatic rings. The lowest BCUT2D eigenvalue weighted by molar-refractivity contribution is 0.0928. The van der Waals surface area contributed by atoms with Crippen LogP contribution in [0.3, 0.4) is 0 Å². The number of amides is 2. The summed E-state index contributed by atoms with van der Waals surface area (Å²) >= 11 is 0. The van der Waals surface area contributed by atoms with Crippen LogP contribution in [0.25, 0.3) is 33.1 Å². The summed E-state index contributed by atoms with van der Waals surface area (Å²) in [5.74, 6) is -3.30. The molecule has 1 saturated carbocycles. The molecule has 0 saturated heterocycles. The lowest BCUT2D eigenvalue weighted by atomic mass is 9.94. The highest BCUT2D eigenvalue weighted by Crippen LogP contribution is 2.45. The van der Waals surface area contributed by atoms with Crippen LogP contribution in [0.15, 0.2) is 83.4 Å². The second-order valence-corrected chi connectivity index (χ2v) is 11.3. The predicted octanol–water partition coefficient (Wildman–Crippen LogP) is 6.88. The molecule has 0 radical (unpaired) electrons. The van der Waals surface area contributed by atoms with Gasteiger partial charge in [-0.2, -0.15) is 0 Å². The molecule has 7 nitrogen and oxygen atoms in total. The van der Waals surface area contributed by atoms with Crippen LogP contribution in [0, 0.1) is 24.4 Å². The molecule has 3 heterocycles. The molecule has 224 valence electrons. The summed E-state index contributed by atoms with van der Waals surface area (Å²) in [5, 5.41) is 2.85. The van der Waals surface area contributed by atoms with Crippen LogP contribution in [0.1, 0.15) is 56.1 Å². The summed E-state index contributed by atoms with van der Waals surface area (Å²) < 4.78 is 50.9. The third-order valence-electron chi connectivity index (χ3n) is 8.34. The minimum atomic E-state index is -0.911. The Hall–Kier alpha value is -5.51. The third-order valence-corrected chi connectivity index (χ3v) is 8.34. The highest BCUT2D eigenvalue weighted by atomic mass is 19.1. The van der Waals surface area contributed by atoms with E-state index in [1.807, 2.05) is 18.2 Å². The summed E-state index contributed by atoms with van der Waals surface area (Å²) in [6.07, 6.45) is 3.05. The van der Waals surface area contributed by atoms with Crippen molar-refractivity contribution < 1.29 is 27.2 Å². The fraction of sp³-hybridized carbons (Fsp3) is 0.143. The SMILES string of the molecule is Cc1c(F)cc(C(=O)NC2(c3ccc4ncccc4n3)CC2)cc1-c1ccc2oc(Cc3ccc(F)cc3)c(C(N)=O)c2c1F. The Balaban J connectivity index is 1.25. The zero-order valence-corrected chi connectivity index (χ0v) is 24.0. The molecule has 10 heteroatoms. The van der Waals surface area contributed by atoms with Crippen molar-refractivity contribution in [3.63, 3.8) is 0 Å². The molecule has 0 spiro atoms. The van der Waals surface area contributed by atoms with E-state index in [2.05, 4.69) is 15.3 Å². The van der Waals surface area contributed by atoms with E-state index in [0.717, 1.165) is 11.6 Å². The first kappa shape index (κ1) is 28.3. The van der Waals surface area contributed by atoms with Crippen molar-refractivity contribution in [3.8, 4) is 11.1 Å². The Morgan fingerprint density at radius 2 is 1.73 bits per heavy atom. The van der Waals surface area contributed by atoms with E-state index in [4.69, 9.17) is 10.2 Å². The molecule has 7 rings (SSSR count). The van der Waals surface area contributed by atoms with Gasteiger partial charge in [0.2, 0.25) is 0 Å². The van der Waals surface area contributed by atoms with E-state index in [9.17, 15) is 14.0 Å². The van der Waals surface area contributed by atoms with Crippen molar-refractivity contribution >= 4 is 33.8 Å². The number of aromatic nitrogens is 2. The number of rotatable bonds is 7. The van der Waals surface area contributed by atoms with Gasteiger partial charge < -0.3 is 15.5 Å². The van der Waals surface area contributed by atoms with Crippen LogP contribution >= 0.6 is 0 Å². The van der Waals surface area contributed by atoms with Gasteiger partial charge in [0.1, 0.15) is 28.8 Å². The fourth-order valence-electron chi connectivity index (χ4n) is 5.75. The van der Waals surface area contributed by atoms with Crippen molar-refractivity contribution in [2.75, 3.05) is 0 Å². The van der Waals surface area contributed by atoms with Gasteiger partial charge in [0.05, 0.1) is 33.2 Å². The number of carbonyl (C=O) groups excluding carboxylic acids is 2. The molecule has 6 aromatic rings. The molecule has 1 fully saturated rings. The fourth-order valence-corrected chi connectivity index (χ4v) is 5.75. The molecule has 0 atom stereocenters. The number of benzene rings is 3. The van der Waals surface area contributed by atoms with Gasteiger partial charge in [-0.1, -0.05) is 12.1 Å². The van der Waals surface area contributed by atoms with Crippen LogP contribution in [-0.2, 0) is 12.0 Å². The Morgan fingerprint density at radius 3 is 2.47 bits per heavy atom. The van der Waals surface area contributed by atoms with Gasteiger partial charge in [0.25, 0.3) is 11.8 Å². The largest absolute Gasteiger partial charge is 0.460 e. The van der Waals surface area contributed by atoms with E-state index in [1.54, 1.807) is 12.3 Å². The molecule has 3 aromatic heterocycles. The van der Waals surface area contributed by atoms with Gasteiger partial charge in [-0.15, -0.1) is 0 Å². The Kier molecular flexibility index (Phi) is 6.65. The maximum absolute atomic E-state index is 16.3. The van der Waals surface area contributed by atoms with Crippen molar-refractivity contribution in [1.82, 2.24) is 15.3 Å². The van der Waals surface area contributed by atoms with Crippen LogP contribution in [0.4, 0.5) is 13.2 Å². The lowest BCUT2D eigenvalue weighted by Crippen LogP contribution is -2.35. The first-order valence-corrected chi connectivity index (χ1v) is 14.3. The number of nitrogens with zero attached hydrogens (tertiary/aromatic N) is 2. The van der Waals surface area contributed by atoms with Gasteiger partial charge >= 0.3 is 0 Å². The second-order valence-electron chi connectivity index (χ2n) is 11.3. The number of primary amides is 1. The molecular weight excluding hydrogens is 581 g/mol. The minimum absolute atomic E-state index is 0.000597. The van der Waals surface area contributed by atoms with Crippen molar-refractivity contribution in [2.24, 2.45) is 5.73 Å². The Bertz CT molecular complexity index is 2170. The summed E-state index contributed by atoms with van der Waals surface area (Å²) in [7, 11) is 0. The first-order valence-electron chi connectivity index (χ1n) is 14.3. The molecule has 45 heavy (non-hydrogen) atoms. The number of nitrogens with one attached hydrogen (secondary N) is 1. The van der Waals surface area contributed by atoms with Crippen molar-refractivity contribution in [1.29, 1.82) is 0 Å². The average Bonchev–Trinajstić information content (AvgIpc) is 3.71. The number of halogens is 3. The monoisotopic (exact) mass is 606 g/mol. The van der Waals surface area contributed by atoms with Gasteiger partial charge in [-0.05, 0) is 97.1 Å². The molecular formula is C35H25F3N4O3. The van der Waals surface area contributed by atoms with Crippen LogP contribution in [0.2, 0.25) is 0 Å². The number of carbonyl (C=O) groups is 2. The lowest BCUT2D eigenvalue weighted by Gasteiger charge is -2.18. The number of hydrogen-bond acceptors (Lipinski definition) is 5. The van der Waals surface area contributed by atoms with Crippen LogP contribution < -0.4 is 11.1 Å². The van der Waals surface area contributed by atoms with E-state index < -0.39 is 34.8 Å². The van der Waals surface area contributed by atoms with E-state index in [1.165, 1.54) is 49.4 Å². The topological polar surface area (TPSA) is 111 Å². The van der Waals surface area contributed by atoms with Gasteiger partial charge in [0.15, 0.2) is 0 Å². The van der Waals surface area contributed by atoms with Crippen LogP contribution in [-0.4, -0.2) is 21.8 Å². The number of nitrogens with two attached hydrogens (primary N) is 1. The molecule has 1 aliphatic carbocycles. The quantitative estimate of drug-likeness (QED) is 0.206. The number of fused-ring (bicyclic) bond motifs is 2. The molecule has 3 N–H and O–H groups in total. The highest BCUT2D eigenvalue weighted by molar-refractivity contribution is 6.08. The first-order chi connectivity index (χ1) is 21.6. The molecule has 3 aromatic carbocycles. The predicted molar refractivity (Wildman–Crippen MR) is 162 cm³/mol. The second kappa shape index (κ2) is 10.6. The van der Waals surface area contributed by atoms with Gasteiger partial charge in [-0.25, -0.2) is 18.2 Å². The van der Waals surface area contributed by atoms with Gasteiger partial charge in [0, 0.05) is 23.7 Å². The summed E-state index contributed by atoms with van der Waals surface area (Å²) in [6.45, 7) is 1.48. The van der Waals surface area contributed by atoms with E-state index in [-0.39, 0.29) is 51.0 Å². The average molecular weight is 607 g/mol. The summed E-state index contributed by atoms with van der Waals surface area (Å²) in [4.78, 5) is 35.0. The van der Waals surface area contributed by atoms with Crippen LogP contribution in [0.5, 0.6) is 0 Å².